The first-order valence-corrected chi connectivity index (χ1v) is 8.81. The number of ether oxygens (including phenoxy) is 1. The van der Waals surface area contributed by atoms with E-state index in [2.05, 4.69) is 37.8 Å². The molecule has 0 N–H and O–H groups in total. The highest BCUT2D eigenvalue weighted by atomic mass is 28.3. The first kappa shape index (κ1) is 15.2. The second-order valence-corrected chi connectivity index (χ2v) is 6.98. The molecule has 1 aromatic carbocycles. The predicted molar refractivity (Wildman–Crippen MR) is 80.3 cm³/mol. The van der Waals surface area contributed by atoms with Crippen LogP contribution in [0.1, 0.15) is 25.0 Å². The Morgan fingerprint density at radius 2 is 1.94 bits per heavy atom. The number of rotatable bonds is 9. The summed E-state index contributed by atoms with van der Waals surface area (Å²) >= 11 is 0. The SMILES string of the molecule is C=Cc1ccc(CCO[SiH](CC)COCC)cc1. The van der Waals surface area contributed by atoms with Gasteiger partial charge in [-0.05, 0) is 30.5 Å². The van der Waals surface area contributed by atoms with E-state index in [9.17, 15) is 0 Å². The Kier molecular flexibility index (Phi) is 7.65. The van der Waals surface area contributed by atoms with E-state index in [-0.39, 0.29) is 0 Å². The molecule has 3 heteroatoms. The van der Waals surface area contributed by atoms with Crippen LogP contribution in [-0.2, 0) is 15.6 Å². The smallest absolute Gasteiger partial charge is 0.201 e. The second kappa shape index (κ2) is 9.08. The summed E-state index contributed by atoms with van der Waals surface area (Å²) in [7, 11) is -1.13. The Balaban J connectivity index is 2.28. The van der Waals surface area contributed by atoms with Crippen molar-refractivity contribution in [2.45, 2.75) is 26.3 Å². The topological polar surface area (TPSA) is 18.5 Å². The molecular weight excluding hydrogens is 240 g/mol. The van der Waals surface area contributed by atoms with Crippen molar-refractivity contribution < 1.29 is 9.16 Å². The fraction of sp³-hybridized carbons (Fsp3) is 0.467. The van der Waals surface area contributed by atoms with Gasteiger partial charge in [-0.1, -0.05) is 43.8 Å². The molecule has 0 aliphatic carbocycles. The highest BCUT2D eigenvalue weighted by Gasteiger charge is 2.08. The van der Waals surface area contributed by atoms with Gasteiger partial charge in [0.1, 0.15) is 0 Å². The molecule has 100 valence electrons. The number of hydrogen-bond acceptors (Lipinski definition) is 2. The van der Waals surface area contributed by atoms with Crippen molar-refractivity contribution in [1.29, 1.82) is 0 Å². The van der Waals surface area contributed by atoms with Gasteiger partial charge in [0.2, 0.25) is 9.04 Å². The van der Waals surface area contributed by atoms with Gasteiger partial charge in [0.25, 0.3) is 0 Å². The fourth-order valence-corrected chi connectivity index (χ4v) is 3.21. The molecule has 0 aromatic heterocycles. The van der Waals surface area contributed by atoms with Gasteiger partial charge < -0.3 is 9.16 Å². The van der Waals surface area contributed by atoms with Gasteiger partial charge in [0, 0.05) is 13.2 Å². The monoisotopic (exact) mass is 264 g/mol. The van der Waals surface area contributed by atoms with Crippen LogP contribution < -0.4 is 0 Å². The van der Waals surface area contributed by atoms with Crippen molar-refractivity contribution in [3.8, 4) is 0 Å². The minimum atomic E-state index is -1.13. The molecule has 0 aliphatic rings. The van der Waals surface area contributed by atoms with E-state index in [0.717, 1.165) is 37.5 Å². The average Bonchev–Trinajstić information content (AvgIpc) is 2.43. The van der Waals surface area contributed by atoms with Crippen LogP contribution in [0.15, 0.2) is 30.8 Å². The van der Waals surface area contributed by atoms with E-state index in [1.54, 1.807) is 0 Å². The molecule has 0 aliphatic heterocycles. The highest BCUT2D eigenvalue weighted by molar-refractivity contribution is 6.51. The van der Waals surface area contributed by atoms with E-state index in [1.807, 2.05) is 13.0 Å². The fourth-order valence-electron chi connectivity index (χ4n) is 1.70. The van der Waals surface area contributed by atoms with Gasteiger partial charge in [0.05, 0.1) is 6.23 Å². The Morgan fingerprint density at radius 1 is 1.22 bits per heavy atom. The van der Waals surface area contributed by atoms with Crippen LogP contribution in [0.4, 0.5) is 0 Å². The zero-order chi connectivity index (χ0) is 13.2. The zero-order valence-electron chi connectivity index (χ0n) is 11.5. The van der Waals surface area contributed by atoms with Crippen LogP contribution in [-0.4, -0.2) is 28.5 Å². The molecule has 1 unspecified atom stereocenters. The van der Waals surface area contributed by atoms with E-state index in [4.69, 9.17) is 9.16 Å². The molecule has 2 nitrogen and oxygen atoms in total. The maximum Gasteiger partial charge on any atom is 0.201 e. The van der Waals surface area contributed by atoms with Crippen molar-refractivity contribution in [2.75, 3.05) is 19.4 Å². The van der Waals surface area contributed by atoms with Crippen LogP contribution in [0, 0.1) is 0 Å². The lowest BCUT2D eigenvalue weighted by molar-refractivity contribution is 0.171. The summed E-state index contributed by atoms with van der Waals surface area (Å²) in [5, 5.41) is 0. The third-order valence-electron chi connectivity index (χ3n) is 2.92. The van der Waals surface area contributed by atoms with Gasteiger partial charge in [-0.25, -0.2) is 0 Å². The summed E-state index contributed by atoms with van der Waals surface area (Å²) in [6.07, 6.45) is 3.68. The molecule has 1 rings (SSSR count). The van der Waals surface area contributed by atoms with E-state index < -0.39 is 9.04 Å². The molecule has 0 amide bonds. The van der Waals surface area contributed by atoms with Crippen molar-refractivity contribution in [3.05, 3.63) is 42.0 Å². The average molecular weight is 264 g/mol. The molecule has 0 fully saturated rings. The normalized spacial score (nSPS) is 12.3. The van der Waals surface area contributed by atoms with Crippen LogP contribution in [0.25, 0.3) is 6.08 Å². The minimum Gasteiger partial charge on any atom is -0.417 e. The van der Waals surface area contributed by atoms with Crippen molar-refractivity contribution >= 4 is 15.1 Å². The first-order chi connectivity index (χ1) is 8.80. The maximum atomic E-state index is 5.95. The Morgan fingerprint density at radius 3 is 2.50 bits per heavy atom. The molecule has 0 bridgehead atoms. The van der Waals surface area contributed by atoms with Crippen molar-refractivity contribution in [2.24, 2.45) is 0 Å². The third-order valence-corrected chi connectivity index (χ3v) is 5.15. The lowest BCUT2D eigenvalue weighted by Gasteiger charge is -2.14. The van der Waals surface area contributed by atoms with Gasteiger partial charge in [-0.3, -0.25) is 0 Å². The summed E-state index contributed by atoms with van der Waals surface area (Å²) in [6, 6.07) is 9.61. The summed E-state index contributed by atoms with van der Waals surface area (Å²) in [5.74, 6) is 0. The standard InChI is InChI=1S/C15H24O2Si/c1-4-14-7-9-15(10-8-14)11-12-17-18(6-3)13-16-5-2/h4,7-10,18H,1,5-6,11-13H2,2-3H3. The largest absolute Gasteiger partial charge is 0.417 e. The quantitative estimate of drug-likeness (QED) is 0.638. The second-order valence-electron chi connectivity index (χ2n) is 4.26. The van der Waals surface area contributed by atoms with Crippen LogP contribution in [0.3, 0.4) is 0 Å². The van der Waals surface area contributed by atoms with Gasteiger partial charge in [-0.15, -0.1) is 0 Å². The third kappa shape index (κ3) is 5.62. The lowest BCUT2D eigenvalue weighted by atomic mass is 10.1. The molecule has 18 heavy (non-hydrogen) atoms. The van der Waals surface area contributed by atoms with E-state index in [0.29, 0.717) is 0 Å². The summed E-state index contributed by atoms with van der Waals surface area (Å²) in [4.78, 5) is 0. The molecule has 0 radical (unpaired) electrons. The number of hydrogen-bond donors (Lipinski definition) is 0. The summed E-state index contributed by atoms with van der Waals surface area (Å²) < 4.78 is 11.4. The first-order valence-electron chi connectivity index (χ1n) is 6.70. The Labute approximate surface area is 112 Å². The highest BCUT2D eigenvalue weighted by Crippen LogP contribution is 2.07. The van der Waals surface area contributed by atoms with Crippen molar-refractivity contribution in [3.63, 3.8) is 0 Å². The van der Waals surface area contributed by atoms with E-state index in [1.165, 1.54) is 5.56 Å². The van der Waals surface area contributed by atoms with Gasteiger partial charge in [-0.2, -0.15) is 0 Å². The van der Waals surface area contributed by atoms with E-state index >= 15 is 0 Å². The van der Waals surface area contributed by atoms with Gasteiger partial charge >= 0.3 is 0 Å². The number of benzene rings is 1. The Hall–Kier alpha value is -0.903. The lowest BCUT2D eigenvalue weighted by Crippen LogP contribution is -2.25. The van der Waals surface area contributed by atoms with Crippen molar-refractivity contribution in [1.82, 2.24) is 0 Å². The molecule has 0 spiro atoms. The molecule has 1 atom stereocenters. The molecule has 0 saturated heterocycles. The zero-order valence-corrected chi connectivity index (χ0v) is 12.7. The minimum absolute atomic E-state index is 0.788. The van der Waals surface area contributed by atoms with Crippen LogP contribution in [0.5, 0.6) is 0 Å². The van der Waals surface area contributed by atoms with Gasteiger partial charge in [0.15, 0.2) is 0 Å². The molecule has 0 saturated carbocycles. The summed E-state index contributed by atoms with van der Waals surface area (Å²) in [6.45, 7) is 9.57. The molecular formula is C15H24O2Si. The Bertz CT molecular complexity index is 335. The van der Waals surface area contributed by atoms with Crippen LogP contribution >= 0.6 is 0 Å². The maximum absolute atomic E-state index is 5.95. The molecule has 0 heterocycles. The molecule has 1 aromatic rings. The van der Waals surface area contributed by atoms with Crippen LogP contribution in [0.2, 0.25) is 6.04 Å². The predicted octanol–water partition coefficient (Wildman–Crippen LogP) is 3.21. The summed E-state index contributed by atoms with van der Waals surface area (Å²) in [5.41, 5.74) is 2.48.